The number of hydrogen-bond acceptors (Lipinski definition) is 8. The van der Waals surface area contributed by atoms with E-state index in [2.05, 4.69) is 10.5 Å². The van der Waals surface area contributed by atoms with Gasteiger partial charge in [0.25, 0.3) is 5.69 Å². The van der Waals surface area contributed by atoms with E-state index in [9.17, 15) is 29.9 Å². The monoisotopic (exact) mass is 279 g/mol. The highest BCUT2D eigenvalue weighted by Crippen LogP contribution is 2.15. The second-order valence-electron chi connectivity index (χ2n) is 3.63. The Labute approximate surface area is 112 Å². The van der Waals surface area contributed by atoms with Crippen LogP contribution in [0.5, 0.6) is 0 Å². The molecular weight excluding hydrogens is 270 g/mol. The Bertz CT molecular complexity index is 552. The highest BCUT2D eigenvalue weighted by molar-refractivity contribution is 6.34. The second-order valence-corrected chi connectivity index (χ2v) is 3.63. The van der Waals surface area contributed by atoms with E-state index in [4.69, 9.17) is 0 Å². The lowest BCUT2D eigenvalue weighted by Crippen LogP contribution is -2.34. The molecule has 0 aliphatic carbocycles. The Morgan fingerprint density at radius 1 is 1.15 bits per heavy atom. The van der Waals surface area contributed by atoms with Gasteiger partial charge in [0.2, 0.25) is 0 Å². The van der Waals surface area contributed by atoms with E-state index in [1.165, 1.54) is 24.3 Å². The molecule has 0 amide bonds. The van der Waals surface area contributed by atoms with Crippen molar-refractivity contribution in [3.63, 3.8) is 0 Å². The van der Waals surface area contributed by atoms with Crippen molar-refractivity contribution in [3.8, 4) is 0 Å². The van der Waals surface area contributed by atoms with E-state index in [1.807, 2.05) is 0 Å². The molecule has 1 aromatic rings. The number of hydrazone groups is 1. The summed E-state index contributed by atoms with van der Waals surface area (Å²) in [6, 6.07) is 5.07. The second kappa shape index (κ2) is 6.83. The Hall–Kier alpha value is -2.97. The first-order valence-electron chi connectivity index (χ1n) is 5.38. The minimum absolute atomic E-state index is 0.128. The fraction of sp³-hybridized carbons (Fsp3) is 0.182. The molecule has 1 N–H and O–H groups in total. The fourth-order valence-corrected chi connectivity index (χ4v) is 1.21. The molecule has 20 heavy (non-hydrogen) atoms. The number of non-ortho nitro benzene ring substituents is 1. The van der Waals surface area contributed by atoms with Crippen LogP contribution >= 0.6 is 0 Å². The Kier molecular flexibility index (Phi) is 5.15. The highest BCUT2D eigenvalue weighted by atomic mass is 16.6. The Morgan fingerprint density at radius 2 is 1.75 bits per heavy atom. The van der Waals surface area contributed by atoms with E-state index >= 15 is 0 Å². The van der Waals surface area contributed by atoms with Gasteiger partial charge in [-0.05, 0) is 25.0 Å². The number of nitro benzene ring substituents is 1. The van der Waals surface area contributed by atoms with Gasteiger partial charge in [0.1, 0.15) is 0 Å². The normalized spacial score (nSPS) is 10.9. The van der Waals surface area contributed by atoms with Gasteiger partial charge in [-0.3, -0.25) is 15.5 Å². The van der Waals surface area contributed by atoms with Crippen LogP contribution in [-0.4, -0.2) is 22.6 Å². The molecule has 9 heteroatoms. The molecule has 1 rings (SSSR count). The first-order chi connectivity index (χ1) is 9.40. The molecule has 0 bridgehead atoms. The molecule has 9 nitrogen and oxygen atoms in total. The van der Waals surface area contributed by atoms with E-state index in [0.717, 1.165) is 0 Å². The maximum Gasteiger partial charge on any atom is 0.269 e. The van der Waals surface area contributed by atoms with Crippen LogP contribution in [0.15, 0.2) is 29.4 Å². The minimum Gasteiger partial charge on any atom is -0.550 e. The molecule has 0 saturated heterocycles. The number of carbonyl (C=O) groups excluding carboxylic acids is 2. The summed E-state index contributed by atoms with van der Waals surface area (Å²) in [5.41, 5.74) is 2.03. The molecular formula is C11H9N3O6-2. The van der Waals surface area contributed by atoms with E-state index in [1.54, 1.807) is 0 Å². The number of aliphatic carboxylic acids is 2. The van der Waals surface area contributed by atoms with Gasteiger partial charge in [-0.2, -0.15) is 5.10 Å². The van der Waals surface area contributed by atoms with Gasteiger partial charge in [0, 0.05) is 18.1 Å². The lowest BCUT2D eigenvalue weighted by Gasteiger charge is -2.08. The molecule has 0 radical (unpaired) electrons. The molecule has 0 aliphatic rings. The standard InChI is InChI=1S/C11H11N3O6/c15-10(16)6-5-9(11(17)18)13-12-7-1-3-8(4-2-7)14(19)20/h1-4,12H,5-6H2,(H,15,16)(H,17,18)/p-2/b13-9+. The van der Waals surface area contributed by atoms with E-state index < -0.39 is 29.0 Å². The van der Waals surface area contributed by atoms with Crippen LogP contribution in [0, 0.1) is 10.1 Å². The number of carboxylic acid groups (broad SMARTS) is 2. The topological polar surface area (TPSA) is 148 Å². The summed E-state index contributed by atoms with van der Waals surface area (Å²) >= 11 is 0. The number of rotatable bonds is 7. The third kappa shape index (κ3) is 4.72. The molecule has 106 valence electrons. The van der Waals surface area contributed by atoms with Crippen LogP contribution < -0.4 is 15.6 Å². The van der Waals surface area contributed by atoms with Crippen LogP contribution in [0.4, 0.5) is 11.4 Å². The first-order valence-corrected chi connectivity index (χ1v) is 5.38. The number of nitrogens with zero attached hydrogens (tertiary/aromatic N) is 2. The zero-order valence-corrected chi connectivity index (χ0v) is 10.1. The van der Waals surface area contributed by atoms with Gasteiger partial charge in [-0.1, -0.05) is 0 Å². The average molecular weight is 279 g/mol. The summed E-state index contributed by atoms with van der Waals surface area (Å²) in [7, 11) is 0. The third-order valence-corrected chi connectivity index (χ3v) is 2.20. The molecule has 0 aromatic heterocycles. The number of carboxylic acids is 2. The van der Waals surface area contributed by atoms with Gasteiger partial charge in [0.15, 0.2) is 0 Å². The van der Waals surface area contributed by atoms with Crippen molar-refractivity contribution in [3.05, 3.63) is 34.4 Å². The fourth-order valence-electron chi connectivity index (χ4n) is 1.21. The molecule has 0 spiro atoms. The SMILES string of the molecule is O=C([O-])CC/C(=N\Nc1ccc([N+](=O)[O-])cc1)C(=O)[O-]. The van der Waals surface area contributed by atoms with Crippen molar-refractivity contribution in [2.24, 2.45) is 5.10 Å². The summed E-state index contributed by atoms with van der Waals surface area (Å²) in [6.07, 6.45) is -0.862. The van der Waals surface area contributed by atoms with Crippen molar-refractivity contribution < 1.29 is 24.7 Å². The minimum atomic E-state index is -1.61. The summed E-state index contributed by atoms with van der Waals surface area (Å²) in [5.74, 6) is -3.02. The lowest BCUT2D eigenvalue weighted by atomic mass is 10.2. The van der Waals surface area contributed by atoms with Gasteiger partial charge in [-0.15, -0.1) is 0 Å². The van der Waals surface area contributed by atoms with Gasteiger partial charge < -0.3 is 19.8 Å². The van der Waals surface area contributed by atoms with Crippen molar-refractivity contribution in [2.75, 3.05) is 5.43 Å². The van der Waals surface area contributed by atoms with E-state index in [-0.39, 0.29) is 12.1 Å². The number of benzene rings is 1. The highest BCUT2D eigenvalue weighted by Gasteiger charge is 2.04. The molecule has 1 aromatic carbocycles. The van der Waals surface area contributed by atoms with Crippen LogP contribution in [0.25, 0.3) is 0 Å². The Balaban J connectivity index is 2.73. The summed E-state index contributed by atoms with van der Waals surface area (Å²) in [6.45, 7) is 0. The van der Waals surface area contributed by atoms with Crippen LogP contribution in [0.2, 0.25) is 0 Å². The molecule has 0 aliphatic heterocycles. The maximum absolute atomic E-state index is 10.7. The maximum atomic E-state index is 10.7. The van der Waals surface area contributed by atoms with Gasteiger partial charge in [0.05, 0.1) is 22.3 Å². The summed E-state index contributed by atoms with van der Waals surface area (Å²) < 4.78 is 0. The molecule has 0 heterocycles. The predicted octanol–water partition coefficient (Wildman–Crippen LogP) is -1.36. The number of hydrogen-bond donors (Lipinski definition) is 1. The van der Waals surface area contributed by atoms with Crippen molar-refractivity contribution in [1.29, 1.82) is 0 Å². The first kappa shape index (κ1) is 15.1. The number of anilines is 1. The zero-order chi connectivity index (χ0) is 15.1. The summed E-state index contributed by atoms with van der Waals surface area (Å²) in [5, 5.41) is 34.8. The van der Waals surface area contributed by atoms with Gasteiger partial charge in [-0.25, -0.2) is 0 Å². The smallest absolute Gasteiger partial charge is 0.269 e. The number of nitro groups is 1. The van der Waals surface area contributed by atoms with Crippen molar-refractivity contribution in [2.45, 2.75) is 12.8 Å². The van der Waals surface area contributed by atoms with Gasteiger partial charge >= 0.3 is 0 Å². The predicted molar refractivity (Wildman–Crippen MR) is 63.4 cm³/mol. The largest absolute Gasteiger partial charge is 0.550 e. The Morgan fingerprint density at radius 3 is 2.20 bits per heavy atom. The molecule has 0 saturated carbocycles. The molecule has 0 unspecified atom stereocenters. The van der Waals surface area contributed by atoms with Crippen LogP contribution in [-0.2, 0) is 9.59 Å². The summed E-state index contributed by atoms with van der Waals surface area (Å²) in [4.78, 5) is 30.8. The van der Waals surface area contributed by atoms with Crippen LogP contribution in [0.3, 0.4) is 0 Å². The van der Waals surface area contributed by atoms with E-state index in [0.29, 0.717) is 5.69 Å². The number of carbonyl (C=O) groups is 2. The van der Waals surface area contributed by atoms with Crippen molar-refractivity contribution in [1.82, 2.24) is 0 Å². The molecule has 0 fully saturated rings. The number of nitrogens with one attached hydrogen (secondary N) is 1. The zero-order valence-electron chi connectivity index (χ0n) is 10.1. The van der Waals surface area contributed by atoms with Crippen LogP contribution in [0.1, 0.15) is 12.8 Å². The van der Waals surface area contributed by atoms with Crippen molar-refractivity contribution >= 4 is 29.0 Å². The average Bonchev–Trinajstić information content (AvgIpc) is 2.38. The quantitative estimate of drug-likeness (QED) is 0.368. The third-order valence-electron chi connectivity index (χ3n) is 2.20. The molecule has 0 atom stereocenters. The lowest BCUT2D eigenvalue weighted by molar-refractivity contribution is -0.384.